The van der Waals surface area contributed by atoms with E-state index >= 15 is 0 Å². The first-order valence-electron chi connectivity index (χ1n) is 6.66. The van der Waals surface area contributed by atoms with Crippen molar-refractivity contribution in [2.24, 2.45) is 0 Å². The standard InChI is InChI=1S/C17H21NOS/c1-12-5-10-16(13(2)17(12)19-3)18-11-14-6-8-15(20-4)9-7-14/h5-10,18H,11H2,1-4H3. The molecule has 0 aliphatic rings. The summed E-state index contributed by atoms with van der Waals surface area (Å²) in [5.41, 5.74) is 4.73. The van der Waals surface area contributed by atoms with Crippen molar-refractivity contribution in [1.29, 1.82) is 0 Å². The van der Waals surface area contributed by atoms with Crippen LogP contribution in [0, 0.1) is 13.8 Å². The fraction of sp³-hybridized carbons (Fsp3) is 0.294. The van der Waals surface area contributed by atoms with E-state index < -0.39 is 0 Å². The van der Waals surface area contributed by atoms with Crippen molar-refractivity contribution in [3.05, 3.63) is 53.1 Å². The third-order valence-corrected chi connectivity index (χ3v) is 4.19. The third-order valence-electron chi connectivity index (χ3n) is 3.45. The maximum atomic E-state index is 5.46. The topological polar surface area (TPSA) is 21.3 Å². The molecule has 0 aliphatic carbocycles. The summed E-state index contributed by atoms with van der Waals surface area (Å²) in [6.07, 6.45) is 2.09. The zero-order valence-electron chi connectivity index (χ0n) is 12.5. The lowest BCUT2D eigenvalue weighted by Gasteiger charge is -2.15. The molecule has 3 heteroatoms. The smallest absolute Gasteiger partial charge is 0.126 e. The molecule has 0 aromatic heterocycles. The molecule has 20 heavy (non-hydrogen) atoms. The molecule has 2 aromatic carbocycles. The Hall–Kier alpha value is -1.61. The van der Waals surface area contributed by atoms with Gasteiger partial charge < -0.3 is 10.1 Å². The second-order valence-corrected chi connectivity index (χ2v) is 5.67. The predicted molar refractivity (Wildman–Crippen MR) is 88.0 cm³/mol. The molecule has 0 fully saturated rings. The number of nitrogens with one attached hydrogen (secondary N) is 1. The van der Waals surface area contributed by atoms with Crippen molar-refractivity contribution >= 4 is 17.4 Å². The van der Waals surface area contributed by atoms with Crippen molar-refractivity contribution in [2.75, 3.05) is 18.7 Å². The third kappa shape index (κ3) is 3.28. The second kappa shape index (κ2) is 6.71. The van der Waals surface area contributed by atoms with Crippen LogP contribution in [0.3, 0.4) is 0 Å². The van der Waals surface area contributed by atoms with E-state index in [1.165, 1.54) is 16.0 Å². The Morgan fingerprint density at radius 2 is 1.75 bits per heavy atom. The van der Waals surface area contributed by atoms with Gasteiger partial charge in [-0.25, -0.2) is 0 Å². The van der Waals surface area contributed by atoms with Crippen LogP contribution in [0.2, 0.25) is 0 Å². The van der Waals surface area contributed by atoms with Gasteiger partial charge in [-0.2, -0.15) is 0 Å². The van der Waals surface area contributed by atoms with Crippen LogP contribution in [-0.2, 0) is 6.54 Å². The van der Waals surface area contributed by atoms with Crippen LogP contribution in [0.25, 0.3) is 0 Å². The first-order chi connectivity index (χ1) is 9.65. The molecule has 0 spiro atoms. The highest BCUT2D eigenvalue weighted by Crippen LogP contribution is 2.29. The summed E-state index contributed by atoms with van der Waals surface area (Å²) in [4.78, 5) is 1.29. The summed E-state index contributed by atoms with van der Waals surface area (Å²) < 4.78 is 5.46. The lowest BCUT2D eigenvalue weighted by molar-refractivity contribution is 0.409. The predicted octanol–water partition coefficient (Wildman–Crippen LogP) is 4.65. The average molecular weight is 287 g/mol. The molecule has 0 atom stereocenters. The number of benzene rings is 2. The molecule has 0 amide bonds. The normalized spacial score (nSPS) is 10.4. The quantitative estimate of drug-likeness (QED) is 0.809. The molecule has 0 unspecified atom stereocenters. The van der Waals surface area contributed by atoms with E-state index in [2.05, 4.69) is 61.8 Å². The van der Waals surface area contributed by atoms with Crippen molar-refractivity contribution in [3.63, 3.8) is 0 Å². The van der Waals surface area contributed by atoms with E-state index in [1.807, 2.05) is 0 Å². The van der Waals surface area contributed by atoms with Crippen molar-refractivity contribution in [3.8, 4) is 5.75 Å². The molecule has 0 heterocycles. The van der Waals surface area contributed by atoms with Crippen LogP contribution in [0.1, 0.15) is 16.7 Å². The molecular formula is C17H21NOS. The van der Waals surface area contributed by atoms with E-state index in [-0.39, 0.29) is 0 Å². The Bertz CT molecular complexity index is 578. The molecule has 0 radical (unpaired) electrons. The van der Waals surface area contributed by atoms with Gasteiger partial charge in [-0.3, -0.25) is 0 Å². The number of thioether (sulfide) groups is 1. The van der Waals surface area contributed by atoms with Crippen molar-refractivity contribution in [2.45, 2.75) is 25.3 Å². The molecule has 0 saturated heterocycles. The van der Waals surface area contributed by atoms with Gasteiger partial charge in [0.15, 0.2) is 0 Å². The van der Waals surface area contributed by atoms with Gasteiger partial charge in [0.2, 0.25) is 0 Å². The van der Waals surface area contributed by atoms with E-state index in [0.717, 1.165) is 23.5 Å². The molecule has 0 bridgehead atoms. The molecular weight excluding hydrogens is 266 g/mol. The lowest BCUT2D eigenvalue weighted by Crippen LogP contribution is -2.02. The van der Waals surface area contributed by atoms with Gasteiger partial charge in [0, 0.05) is 22.7 Å². The highest BCUT2D eigenvalue weighted by atomic mass is 32.2. The average Bonchev–Trinajstić information content (AvgIpc) is 2.47. The number of hydrogen-bond acceptors (Lipinski definition) is 3. The van der Waals surface area contributed by atoms with Gasteiger partial charge in [-0.15, -0.1) is 11.8 Å². The summed E-state index contributed by atoms with van der Waals surface area (Å²) in [5.74, 6) is 0.965. The second-order valence-electron chi connectivity index (χ2n) is 4.79. The molecule has 2 nitrogen and oxygen atoms in total. The first-order valence-corrected chi connectivity index (χ1v) is 7.89. The van der Waals surface area contributed by atoms with Crippen LogP contribution in [0.5, 0.6) is 5.75 Å². The minimum absolute atomic E-state index is 0.821. The van der Waals surface area contributed by atoms with Gasteiger partial charge in [-0.05, 0) is 49.4 Å². The maximum absolute atomic E-state index is 5.46. The Morgan fingerprint density at radius 3 is 2.35 bits per heavy atom. The fourth-order valence-corrected chi connectivity index (χ4v) is 2.68. The number of methoxy groups -OCH3 is 1. The van der Waals surface area contributed by atoms with E-state index in [0.29, 0.717) is 0 Å². The largest absolute Gasteiger partial charge is 0.496 e. The monoisotopic (exact) mass is 287 g/mol. The summed E-state index contributed by atoms with van der Waals surface area (Å²) in [7, 11) is 1.72. The SMILES string of the molecule is COc1c(C)ccc(NCc2ccc(SC)cc2)c1C. The minimum Gasteiger partial charge on any atom is -0.496 e. The van der Waals surface area contributed by atoms with Crippen LogP contribution in [0.15, 0.2) is 41.3 Å². The maximum Gasteiger partial charge on any atom is 0.126 e. The molecule has 1 N–H and O–H groups in total. The van der Waals surface area contributed by atoms with Crippen molar-refractivity contribution in [1.82, 2.24) is 0 Å². The highest BCUT2D eigenvalue weighted by molar-refractivity contribution is 7.98. The first kappa shape index (κ1) is 14.8. The molecule has 2 aromatic rings. The van der Waals surface area contributed by atoms with Crippen LogP contribution in [0.4, 0.5) is 5.69 Å². The summed E-state index contributed by atoms with van der Waals surface area (Å²) >= 11 is 1.76. The van der Waals surface area contributed by atoms with Crippen molar-refractivity contribution < 1.29 is 4.74 Å². The summed E-state index contributed by atoms with van der Waals surface area (Å²) in [6.45, 7) is 4.98. The number of aryl methyl sites for hydroxylation is 1. The lowest BCUT2D eigenvalue weighted by atomic mass is 10.1. The van der Waals surface area contributed by atoms with Gasteiger partial charge in [-0.1, -0.05) is 18.2 Å². The zero-order valence-corrected chi connectivity index (χ0v) is 13.3. The van der Waals surface area contributed by atoms with E-state index in [4.69, 9.17) is 4.74 Å². The van der Waals surface area contributed by atoms with Crippen LogP contribution in [-0.4, -0.2) is 13.4 Å². The Morgan fingerprint density at radius 1 is 1.05 bits per heavy atom. The molecule has 106 valence electrons. The van der Waals surface area contributed by atoms with Gasteiger partial charge >= 0.3 is 0 Å². The fourth-order valence-electron chi connectivity index (χ4n) is 2.27. The molecule has 2 rings (SSSR count). The number of ether oxygens (including phenoxy) is 1. The summed E-state index contributed by atoms with van der Waals surface area (Å²) in [5, 5.41) is 3.48. The van der Waals surface area contributed by atoms with Gasteiger partial charge in [0.05, 0.1) is 7.11 Å². The highest BCUT2D eigenvalue weighted by Gasteiger charge is 2.07. The zero-order chi connectivity index (χ0) is 14.5. The number of rotatable bonds is 5. The Kier molecular flexibility index (Phi) is 4.96. The number of anilines is 1. The molecule has 0 saturated carbocycles. The Labute approximate surface area is 125 Å². The van der Waals surface area contributed by atoms with E-state index in [9.17, 15) is 0 Å². The van der Waals surface area contributed by atoms with Gasteiger partial charge in [0.1, 0.15) is 5.75 Å². The van der Waals surface area contributed by atoms with E-state index in [1.54, 1.807) is 18.9 Å². The Balaban J connectivity index is 2.10. The number of hydrogen-bond donors (Lipinski definition) is 1. The molecule has 0 aliphatic heterocycles. The van der Waals surface area contributed by atoms with Gasteiger partial charge in [0.25, 0.3) is 0 Å². The van der Waals surface area contributed by atoms with Crippen LogP contribution < -0.4 is 10.1 Å². The minimum atomic E-state index is 0.821. The van der Waals surface area contributed by atoms with Crippen LogP contribution >= 0.6 is 11.8 Å². The summed E-state index contributed by atoms with van der Waals surface area (Å²) in [6, 6.07) is 12.8.